The number of carbonyl (C=O) groups is 3. The number of benzene rings is 3. The average Bonchev–Trinajstić information content (AvgIpc) is 3.56. The van der Waals surface area contributed by atoms with Crippen LogP contribution in [0.1, 0.15) is 28.4 Å². The average molecular weight is 667 g/mol. The van der Waals surface area contributed by atoms with E-state index in [1.54, 1.807) is 24.4 Å². The molecule has 13 nitrogen and oxygen atoms in total. The van der Waals surface area contributed by atoms with Gasteiger partial charge in [0.25, 0.3) is 0 Å². The number of sulfonamides is 1. The predicted octanol–water partition coefficient (Wildman–Crippen LogP) is 0.116. The number of rotatable bonds is 14. The molecular formula is C31H36N7O6S2+. The molecule has 3 amide bonds. The Bertz CT molecular complexity index is 1740. The van der Waals surface area contributed by atoms with E-state index >= 15 is 0 Å². The fraction of sp³-hybridized carbons (Fsp3) is 0.226. The number of thiol groups is 1. The lowest BCUT2D eigenvalue weighted by Crippen LogP contribution is -2.62. The first kappa shape index (κ1) is 34.2. The highest BCUT2D eigenvalue weighted by Crippen LogP contribution is 2.20. The minimum absolute atomic E-state index is 0.0173. The highest BCUT2D eigenvalue weighted by atomic mass is 32.2. The van der Waals surface area contributed by atoms with Gasteiger partial charge in [0.05, 0.1) is 11.2 Å². The largest absolute Gasteiger partial charge is 0.508 e. The van der Waals surface area contributed by atoms with E-state index in [4.69, 9.17) is 5.14 Å². The summed E-state index contributed by atoms with van der Waals surface area (Å²) in [5, 5.41) is 22.2. The summed E-state index contributed by atoms with van der Waals surface area (Å²) in [5.74, 6) is -1.71. The van der Waals surface area contributed by atoms with Crippen molar-refractivity contribution in [2.24, 2.45) is 5.14 Å². The van der Waals surface area contributed by atoms with E-state index in [-0.39, 0.29) is 30.0 Å². The van der Waals surface area contributed by atoms with Crippen LogP contribution in [0.4, 0.5) is 0 Å². The number of nitrogens with one attached hydrogen (secondary N) is 4. The third-order valence-electron chi connectivity index (χ3n) is 7.20. The number of aromatic amines is 1. The number of carbonyl (C=O) groups excluding carboxylic acids is 3. The Hall–Kier alpha value is -4.70. The molecule has 0 aliphatic carbocycles. The number of aromatic hydroxyl groups is 1. The van der Waals surface area contributed by atoms with Crippen LogP contribution >= 0.6 is 12.6 Å². The molecule has 0 fully saturated rings. The number of imidazole rings is 1. The van der Waals surface area contributed by atoms with Gasteiger partial charge in [0.1, 0.15) is 29.1 Å². The van der Waals surface area contributed by atoms with E-state index in [0.717, 1.165) is 5.56 Å². The lowest BCUT2D eigenvalue weighted by molar-refractivity contribution is -0.423. The quantitative estimate of drug-likeness (QED) is 0.0867. The number of primary sulfonamides is 1. The first-order valence-electron chi connectivity index (χ1n) is 14.2. The summed E-state index contributed by atoms with van der Waals surface area (Å²) in [5.41, 5.74) is 6.50. The van der Waals surface area contributed by atoms with Crippen LogP contribution in [-0.2, 0) is 43.8 Å². The molecule has 4 atom stereocenters. The van der Waals surface area contributed by atoms with E-state index in [2.05, 4.69) is 44.3 Å². The number of phenols is 1. The second-order valence-electron chi connectivity index (χ2n) is 10.6. The van der Waals surface area contributed by atoms with Crippen molar-refractivity contribution in [3.05, 3.63) is 114 Å². The molecule has 1 aromatic heterocycles. The minimum atomic E-state index is -3.99. The summed E-state index contributed by atoms with van der Waals surface area (Å²) in [6.45, 7) is 0.238. The van der Waals surface area contributed by atoms with Crippen molar-refractivity contribution in [3.63, 3.8) is 0 Å². The van der Waals surface area contributed by atoms with Crippen LogP contribution in [0.25, 0.3) is 0 Å². The van der Waals surface area contributed by atoms with Crippen LogP contribution < -0.4 is 26.8 Å². The van der Waals surface area contributed by atoms with Crippen molar-refractivity contribution in [1.29, 1.82) is 0 Å². The molecule has 242 valence electrons. The third-order valence-corrected chi connectivity index (χ3v) is 8.70. The molecule has 4 aromatic rings. The Morgan fingerprint density at radius 2 is 1.57 bits per heavy atom. The Morgan fingerprint density at radius 3 is 2.22 bits per heavy atom. The molecule has 0 aliphatic rings. The summed E-state index contributed by atoms with van der Waals surface area (Å²) in [4.78, 5) is 47.3. The van der Waals surface area contributed by atoms with Crippen LogP contribution in [-0.4, -0.2) is 58.5 Å². The van der Waals surface area contributed by atoms with E-state index < -0.39 is 51.1 Å². The molecule has 0 radical (unpaired) electrons. The number of hydrogen-bond acceptors (Lipinski definition) is 8. The summed E-state index contributed by atoms with van der Waals surface area (Å²) >= 11 is 4.45. The number of aromatic nitrogens is 2. The molecule has 1 heterocycles. The van der Waals surface area contributed by atoms with Gasteiger partial charge in [-0.1, -0.05) is 54.6 Å². The molecule has 46 heavy (non-hydrogen) atoms. The Labute approximate surface area is 271 Å². The van der Waals surface area contributed by atoms with Gasteiger partial charge >= 0.3 is 0 Å². The molecular weight excluding hydrogens is 631 g/mol. The number of nitrogens with zero attached hydrogens (tertiary/aromatic N) is 1. The Morgan fingerprint density at radius 1 is 0.891 bits per heavy atom. The molecule has 15 heteroatoms. The summed E-state index contributed by atoms with van der Waals surface area (Å²) in [7, 11) is -3.99. The van der Waals surface area contributed by atoms with Gasteiger partial charge in [-0.15, -0.1) is 0 Å². The van der Waals surface area contributed by atoms with Crippen LogP contribution in [0.15, 0.2) is 96.3 Å². The SMILES string of the molecule is NS(=O)(=O)c1cccc([C@@H]([NH3+])[C@@H](S)C(=O)NC(Cc2ccc(O)cc2)C(=O)NC(Cc2cnc[nH]2)C(=O)NCc2ccccc2)c1. The first-order valence-corrected chi connectivity index (χ1v) is 16.3. The zero-order valence-corrected chi connectivity index (χ0v) is 26.4. The van der Waals surface area contributed by atoms with Gasteiger partial charge in [-0.25, -0.2) is 18.5 Å². The van der Waals surface area contributed by atoms with Gasteiger partial charge in [-0.3, -0.25) is 14.4 Å². The topological polar surface area (TPSA) is 224 Å². The van der Waals surface area contributed by atoms with Gasteiger partial charge in [-0.2, -0.15) is 12.6 Å². The van der Waals surface area contributed by atoms with Crippen LogP contribution in [0.3, 0.4) is 0 Å². The fourth-order valence-electron chi connectivity index (χ4n) is 4.63. The van der Waals surface area contributed by atoms with Gasteiger partial charge in [-0.05, 0) is 35.4 Å². The van der Waals surface area contributed by atoms with Gasteiger partial charge in [0.15, 0.2) is 0 Å². The highest BCUT2D eigenvalue weighted by Gasteiger charge is 2.32. The molecule has 3 aromatic carbocycles. The maximum Gasteiger partial charge on any atom is 0.243 e. The summed E-state index contributed by atoms with van der Waals surface area (Å²) < 4.78 is 23.7. The molecule has 0 saturated heterocycles. The lowest BCUT2D eigenvalue weighted by Gasteiger charge is -2.25. The smallest absolute Gasteiger partial charge is 0.243 e. The number of nitrogens with two attached hydrogens (primary N) is 1. The lowest BCUT2D eigenvalue weighted by atomic mass is 10.0. The molecule has 0 saturated carbocycles. The Kier molecular flexibility index (Phi) is 11.5. The number of quaternary nitrogens is 1. The highest BCUT2D eigenvalue weighted by molar-refractivity contribution is 7.89. The van der Waals surface area contributed by atoms with E-state index in [0.29, 0.717) is 16.8 Å². The molecule has 0 bridgehead atoms. The van der Waals surface area contributed by atoms with Crippen molar-refractivity contribution in [2.75, 3.05) is 0 Å². The molecule has 10 N–H and O–H groups in total. The van der Waals surface area contributed by atoms with Crippen LogP contribution in [0.2, 0.25) is 0 Å². The third kappa shape index (κ3) is 9.65. The second kappa shape index (κ2) is 15.5. The van der Waals surface area contributed by atoms with Crippen molar-refractivity contribution in [2.45, 2.75) is 47.7 Å². The van der Waals surface area contributed by atoms with Crippen LogP contribution in [0, 0.1) is 0 Å². The van der Waals surface area contributed by atoms with Gasteiger partial charge < -0.3 is 31.8 Å². The Balaban J connectivity index is 1.54. The first-order chi connectivity index (χ1) is 21.9. The maximum absolute atomic E-state index is 13.8. The molecule has 4 rings (SSSR count). The standard InChI is InChI=1S/C31H35N7O6S2/c32-27(21-7-4-8-24(14-21)46(33,43)44)28(45)31(42)38-25(13-19-9-11-23(39)12-10-19)30(41)37-26(15-22-17-34-18-36-22)29(40)35-16-20-5-2-1-3-6-20/h1-12,14,17-18,25-28,39,45H,13,15-16,32H2,(H,34,36)(H,35,40)(H,37,41)(H,38,42)(H2,33,43,44)/p+1/t25?,26?,27-,28-/m1/s1. The van der Waals surface area contributed by atoms with Crippen molar-refractivity contribution in [1.82, 2.24) is 25.9 Å². The normalized spacial score (nSPS) is 14.0. The number of phenolic OH excluding ortho intramolecular Hbond substituents is 1. The monoisotopic (exact) mass is 666 g/mol. The van der Waals surface area contributed by atoms with Crippen molar-refractivity contribution < 1.29 is 33.6 Å². The van der Waals surface area contributed by atoms with Gasteiger partial charge in [0, 0.05) is 36.8 Å². The zero-order valence-electron chi connectivity index (χ0n) is 24.7. The van der Waals surface area contributed by atoms with Gasteiger partial charge in [0.2, 0.25) is 27.7 Å². The minimum Gasteiger partial charge on any atom is -0.508 e. The molecule has 0 spiro atoms. The summed E-state index contributed by atoms with van der Waals surface area (Å²) in [6.07, 6.45) is 3.13. The number of amides is 3. The fourth-order valence-corrected chi connectivity index (χ4v) is 5.44. The zero-order chi connectivity index (χ0) is 33.3. The van der Waals surface area contributed by atoms with E-state index in [1.165, 1.54) is 36.7 Å². The van der Waals surface area contributed by atoms with Crippen molar-refractivity contribution in [3.8, 4) is 5.75 Å². The van der Waals surface area contributed by atoms with E-state index in [1.807, 2.05) is 30.3 Å². The maximum atomic E-state index is 13.8. The number of H-pyrrole nitrogens is 1. The molecule has 0 aliphatic heterocycles. The molecule has 2 unspecified atom stereocenters. The summed E-state index contributed by atoms with van der Waals surface area (Å²) in [6, 6.07) is 18.1. The second-order valence-corrected chi connectivity index (χ2v) is 12.8. The predicted molar refractivity (Wildman–Crippen MR) is 172 cm³/mol. The van der Waals surface area contributed by atoms with Crippen molar-refractivity contribution >= 4 is 40.4 Å². The van der Waals surface area contributed by atoms with E-state index in [9.17, 15) is 27.9 Å². The van der Waals surface area contributed by atoms with Crippen LogP contribution in [0.5, 0.6) is 5.75 Å². The number of hydrogen-bond donors (Lipinski definition) is 8.